The first-order valence-electron chi connectivity index (χ1n) is 4.19. The van der Waals surface area contributed by atoms with Crippen LogP contribution in [0.3, 0.4) is 0 Å². The molecule has 1 aliphatic rings. The van der Waals surface area contributed by atoms with Crippen molar-refractivity contribution in [2.45, 2.75) is 0 Å². The second-order valence-corrected chi connectivity index (χ2v) is 4.98. The standard InChI is InChI=1S/C10H6N2OSe/c1-2-4-8-7(3-1)13-9-10(14-8)12-6-5-11-9/h1-6H. The summed E-state index contributed by atoms with van der Waals surface area (Å²) in [5.74, 6) is 1.58. The van der Waals surface area contributed by atoms with Crippen LogP contribution in [-0.2, 0) is 0 Å². The molecule has 0 amide bonds. The average molecular weight is 249 g/mol. The third-order valence-corrected chi connectivity index (χ3v) is 4.06. The van der Waals surface area contributed by atoms with E-state index in [1.807, 2.05) is 18.2 Å². The van der Waals surface area contributed by atoms with Gasteiger partial charge in [-0.05, 0) is 0 Å². The average Bonchev–Trinajstić information content (AvgIpc) is 2.26. The third kappa shape index (κ3) is 1.20. The maximum absolute atomic E-state index is 5.62. The van der Waals surface area contributed by atoms with E-state index in [2.05, 4.69) is 16.0 Å². The normalized spacial score (nSPS) is 12.6. The molecule has 0 spiro atoms. The second kappa shape index (κ2) is 3.08. The van der Waals surface area contributed by atoms with Crippen molar-refractivity contribution < 1.29 is 4.74 Å². The summed E-state index contributed by atoms with van der Waals surface area (Å²) in [6, 6.07) is 8.03. The zero-order valence-electron chi connectivity index (χ0n) is 7.18. The molecular weight excluding hydrogens is 243 g/mol. The number of nitrogens with zero attached hydrogens (tertiary/aromatic N) is 2. The first kappa shape index (κ1) is 7.97. The van der Waals surface area contributed by atoms with Gasteiger partial charge in [-0.2, -0.15) is 0 Å². The van der Waals surface area contributed by atoms with Gasteiger partial charge in [0.2, 0.25) is 0 Å². The molecule has 0 saturated carbocycles. The molecule has 1 aliphatic heterocycles. The number of fused-ring (bicyclic) bond motifs is 2. The Morgan fingerprint density at radius 1 is 1.07 bits per heavy atom. The molecule has 1 aromatic heterocycles. The molecule has 0 radical (unpaired) electrons. The van der Waals surface area contributed by atoms with Crippen LogP contribution in [0, 0.1) is 0 Å². The molecule has 0 atom stereocenters. The summed E-state index contributed by atoms with van der Waals surface area (Å²) in [6.45, 7) is 0. The van der Waals surface area contributed by atoms with Gasteiger partial charge in [0.1, 0.15) is 0 Å². The van der Waals surface area contributed by atoms with Crippen LogP contribution in [0.2, 0.25) is 0 Å². The maximum atomic E-state index is 5.62. The molecule has 0 bridgehead atoms. The van der Waals surface area contributed by atoms with Crippen molar-refractivity contribution in [2.24, 2.45) is 0 Å². The topological polar surface area (TPSA) is 35.0 Å². The van der Waals surface area contributed by atoms with Gasteiger partial charge in [0.25, 0.3) is 0 Å². The Balaban J connectivity index is 2.12. The Kier molecular flexibility index (Phi) is 1.75. The molecule has 3 nitrogen and oxygen atoms in total. The molecule has 4 heteroatoms. The van der Waals surface area contributed by atoms with Crippen LogP contribution < -0.4 is 13.8 Å². The van der Waals surface area contributed by atoms with Gasteiger partial charge < -0.3 is 0 Å². The number of benzene rings is 1. The summed E-state index contributed by atoms with van der Waals surface area (Å²) < 4.78 is 7.82. The van der Waals surface area contributed by atoms with E-state index in [9.17, 15) is 0 Å². The van der Waals surface area contributed by atoms with E-state index < -0.39 is 0 Å². The zero-order valence-corrected chi connectivity index (χ0v) is 8.89. The fourth-order valence-electron chi connectivity index (χ4n) is 1.28. The molecule has 1 aromatic carbocycles. The van der Waals surface area contributed by atoms with E-state index in [-0.39, 0.29) is 15.0 Å². The van der Waals surface area contributed by atoms with E-state index in [1.165, 1.54) is 4.46 Å². The quantitative estimate of drug-likeness (QED) is 0.535. The van der Waals surface area contributed by atoms with Crippen LogP contribution in [0.5, 0.6) is 11.6 Å². The predicted octanol–water partition coefficient (Wildman–Crippen LogP) is 0.237. The summed E-state index contributed by atoms with van der Waals surface area (Å²) in [6.07, 6.45) is 3.36. The van der Waals surface area contributed by atoms with Crippen molar-refractivity contribution in [1.82, 2.24) is 9.97 Å². The van der Waals surface area contributed by atoms with Crippen LogP contribution in [0.25, 0.3) is 0 Å². The van der Waals surface area contributed by atoms with Gasteiger partial charge in [-0.1, -0.05) is 0 Å². The monoisotopic (exact) mass is 250 g/mol. The molecule has 0 fully saturated rings. The molecular formula is C10H6N2OSe. The van der Waals surface area contributed by atoms with E-state index >= 15 is 0 Å². The Morgan fingerprint density at radius 3 is 2.93 bits per heavy atom. The zero-order chi connectivity index (χ0) is 9.38. The minimum atomic E-state index is 0.221. The van der Waals surface area contributed by atoms with Gasteiger partial charge in [0.05, 0.1) is 0 Å². The van der Waals surface area contributed by atoms with Gasteiger partial charge in [0, 0.05) is 0 Å². The minimum absolute atomic E-state index is 0.221. The van der Waals surface area contributed by atoms with Gasteiger partial charge in [-0.25, -0.2) is 0 Å². The van der Waals surface area contributed by atoms with Crippen LogP contribution in [-0.4, -0.2) is 24.9 Å². The van der Waals surface area contributed by atoms with Crippen molar-refractivity contribution in [2.75, 3.05) is 0 Å². The second-order valence-electron chi connectivity index (χ2n) is 2.82. The first-order chi connectivity index (χ1) is 6.93. The van der Waals surface area contributed by atoms with Crippen LogP contribution in [0.1, 0.15) is 0 Å². The van der Waals surface area contributed by atoms with E-state index in [0.717, 1.165) is 10.3 Å². The van der Waals surface area contributed by atoms with Crippen molar-refractivity contribution in [3.63, 3.8) is 0 Å². The van der Waals surface area contributed by atoms with Crippen LogP contribution >= 0.6 is 0 Å². The molecule has 0 aliphatic carbocycles. The van der Waals surface area contributed by atoms with E-state index in [0.29, 0.717) is 5.88 Å². The number of hydrogen-bond acceptors (Lipinski definition) is 3. The van der Waals surface area contributed by atoms with Crippen LogP contribution in [0.4, 0.5) is 0 Å². The molecule has 0 saturated heterocycles. The van der Waals surface area contributed by atoms with Crippen molar-refractivity contribution in [1.29, 1.82) is 0 Å². The van der Waals surface area contributed by atoms with Gasteiger partial charge in [0.15, 0.2) is 0 Å². The molecule has 3 rings (SSSR count). The number of aromatic nitrogens is 2. The molecule has 2 aromatic rings. The summed E-state index contributed by atoms with van der Waals surface area (Å²) in [4.78, 5) is 8.41. The number of rotatable bonds is 0. The van der Waals surface area contributed by atoms with Crippen molar-refractivity contribution in [3.8, 4) is 11.6 Å². The SMILES string of the molecule is c1ccc2c(c1)Oc1nccnc1[Se]2. The van der Waals surface area contributed by atoms with Crippen molar-refractivity contribution in [3.05, 3.63) is 36.7 Å². The molecule has 68 valence electrons. The Hall–Kier alpha value is -1.38. The number of hydrogen-bond donors (Lipinski definition) is 0. The van der Waals surface area contributed by atoms with Gasteiger partial charge in [-0.15, -0.1) is 0 Å². The molecule has 0 unspecified atom stereocenters. The Labute approximate surface area is 87.3 Å². The molecule has 0 N–H and O–H groups in total. The fourth-order valence-corrected chi connectivity index (χ4v) is 3.08. The molecule has 14 heavy (non-hydrogen) atoms. The predicted molar refractivity (Wildman–Crippen MR) is 53.6 cm³/mol. The van der Waals surface area contributed by atoms with Gasteiger partial charge >= 0.3 is 87.0 Å². The summed E-state index contributed by atoms with van der Waals surface area (Å²) in [7, 11) is 0. The molecule has 2 heterocycles. The fraction of sp³-hybridized carbons (Fsp3) is 0. The summed E-state index contributed by atoms with van der Waals surface area (Å²) in [5.41, 5.74) is 0. The summed E-state index contributed by atoms with van der Waals surface area (Å²) in [5, 5.41) is 0. The number of para-hydroxylation sites is 1. The van der Waals surface area contributed by atoms with E-state index in [4.69, 9.17) is 4.74 Å². The van der Waals surface area contributed by atoms with Crippen LogP contribution in [0.15, 0.2) is 36.7 Å². The number of ether oxygens (including phenoxy) is 1. The third-order valence-electron chi connectivity index (χ3n) is 1.90. The Bertz CT molecular complexity index is 400. The summed E-state index contributed by atoms with van der Waals surface area (Å²) >= 11 is 0.221. The first-order valence-corrected chi connectivity index (χ1v) is 5.90. The Morgan fingerprint density at radius 2 is 1.93 bits per heavy atom. The van der Waals surface area contributed by atoms with Gasteiger partial charge in [-0.3, -0.25) is 0 Å². The van der Waals surface area contributed by atoms with Crippen molar-refractivity contribution >= 4 is 24.0 Å². The van der Waals surface area contributed by atoms with E-state index in [1.54, 1.807) is 12.4 Å².